The van der Waals surface area contributed by atoms with Gasteiger partial charge in [0.05, 0.1) is 0 Å². The fourth-order valence-electron chi connectivity index (χ4n) is 2.90. The average molecular weight is 340 g/mol. The van der Waals surface area contributed by atoms with Gasteiger partial charge in [0.15, 0.2) is 0 Å². The highest BCUT2D eigenvalue weighted by Crippen LogP contribution is 2.24. The minimum absolute atomic E-state index is 0.229. The number of rotatable bonds is 2. The van der Waals surface area contributed by atoms with Gasteiger partial charge in [-0.1, -0.05) is 30.3 Å². The molecule has 1 fully saturated rings. The topological polar surface area (TPSA) is 83.4 Å². The lowest BCUT2D eigenvalue weighted by Crippen LogP contribution is -2.53. The Bertz CT molecular complexity index is 860. The lowest BCUT2D eigenvalue weighted by molar-refractivity contribution is -0.127. The number of carbonyl (C=O) groups is 2. The van der Waals surface area contributed by atoms with Gasteiger partial charge in [-0.05, 0) is 24.1 Å². The molecule has 3 amide bonds. The van der Waals surface area contributed by atoms with Crippen LogP contribution in [0.15, 0.2) is 47.4 Å². The third kappa shape index (κ3) is 3.26. The van der Waals surface area contributed by atoms with E-state index in [1.54, 1.807) is 26.2 Å². The molecule has 1 aromatic heterocycles. The number of anilines is 1. The standard InChI is InChI=1S/C18H20N4O3/c1-12-8-10-21(2)17(24)14(12)20-18(25)22-11-9-19-16(23)15(22)13-6-4-3-5-7-13/h3-8,10,15H,9,11H2,1-2H3,(H,19,23)(H,20,25). The van der Waals surface area contributed by atoms with Crippen molar-refractivity contribution in [1.29, 1.82) is 0 Å². The minimum Gasteiger partial charge on any atom is -0.352 e. The van der Waals surface area contributed by atoms with Crippen molar-refractivity contribution in [2.45, 2.75) is 13.0 Å². The number of aromatic nitrogens is 1. The summed E-state index contributed by atoms with van der Waals surface area (Å²) in [4.78, 5) is 38.9. The van der Waals surface area contributed by atoms with Crippen LogP contribution in [0.25, 0.3) is 0 Å². The van der Waals surface area contributed by atoms with Crippen LogP contribution in [0.3, 0.4) is 0 Å². The molecule has 7 nitrogen and oxygen atoms in total. The van der Waals surface area contributed by atoms with Gasteiger partial charge in [-0.3, -0.25) is 9.59 Å². The minimum atomic E-state index is -0.720. The number of nitrogens with one attached hydrogen (secondary N) is 2. The molecule has 2 N–H and O–H groups in total. The number of carbonyl (C=O) groups excluding carboxylic acids is 2. The zero-order chi connectivity index (χ0) is 18.0. The van der Waals surface area contributed by atoms with E-state index in [1.165, 1.54) is 9.47 Å². The molecule has 0 saturated carbocycles. The number of amides is 3. The maximum Gasteiger partial charge on any atom is 0.323 e. The Balaban J connectivity index is 1.91. The van der Waals surface area contributed by atoms with E-state index in [2.05, 4.69) is 10.6 Å². The maximum absolute atomic E-state index is 12.8. The van der Waals surface area contributed by atoms with Crippen molar-refractivity contribution in [3.63, 3.8) is 0 Å². The van der Waals surface area contributed by atoms with E-state index in [1.807, 2.05) is 30.3 Å². The Kier molecular flexibility index (Phi) is 4.56. The second-order valence-corrected chi connectivity index (χ2v) is 6.02. The van der Waals surface area contributed by atoms with Gasteiger partial charge in [0.25, 0.3) is 5.56 Å². The van der Waals surface area contributed by atoms with Gasteiger partial charge in [-0.15, -0.1) is 0 Å². The molecule has 3 rings (SSSR count). The van der Waals surface area contributed by atoms with Gasteiger partial charge in [-0.25, -0.2) is 4.79 Å². The summed E-state index contributed by atoms with van der Waals surface area (Å²) in [5.74, 6) is -0.231. The number of urea groups is 1. The highest BCUT2D eigenvalue weighted by Gasteiger charge is 2.34. The van der Waals surface area contributed by atoms with Crippen LogP contribution >= 0.6 is 0 Å². The number of hydrogen-bond donors (Lipinski definition) is 2. The Hall–Kier alpha value is -3.09. The molecule has 1 saturated heterocycles. The van der Waals surface area contributed by atoms with Crippen molar-refractivity contribution in [2.75, 3.05) is 18.4 Å². The van der Waals surface area contributed by atoms with Crippen molar-refractivity contribution in [1.82, 2.24) is 14.8 Å². The lowest BCUT2D eigenvalue weighted by atomic mass is 10.0. The molecule has 2 heterocycles. The van der Waals surface area contributed by atoms with E-state index in [-0.39, 0.29) is 17.2 Å². The number of aryl methyl sites for hydroxylation is 2. The van der Waals surface area contributed by atoms with Crippen LogP contribution in [-0.4, -0.2) is 34.5 Å². The largest absolute Gasteiger partial charge is 0.352 e. The maximum atomic E-state index is 12.8. The van der Waals surface area contributed by atoms with Crippen molar-refractivity contribution >= 4 is 17.6 Å². The molecule has 25 heavy (non-hydrogen) atoms. The molecule has 0 aliphatic carbocycles. The van der Waals surface area contributed by atoms with E-state index in [0.29, 0.717) is 18.7 Å². The van der Waals surface area contributed by atoms with Crippen LogP contribution in [0, 0.1) is 6.92 Å². The fraction of sp³-hybridized carbons (Fsp3) is 0.278. The lowest BCUT2D eigenvalue weighted by Gasteiger charge is -2.35. The second-order valence-electron chi connectivity index (χ2n) is 6.02. The number of hydrogen-bond acceptors (Lipinski definition) is 3. The predicted octanol–water partition coefficient (Wildman–Crippen LogP) is 1.40. The molecule has 1 aromatic carbocycles. The summed E-state index contributed by atoms with van der Waals surface area (Å²) in [5, 5.41) is 5.47. The van der Waals surface area contributed by atoms with E-state index in [9.17, 15) is 14.4 Å². The van der Waals surface area contributed by atoms with Crippen LogP contribution < -0.4 is 16.2 Å². The molecule has 130 valence electrons. The van der Waals surface area contributed by atoms with Gasteiger partial charge in [0.2, 0.25) is 5.91 Å². The summed E-state index contributed by atoms with van der Waals surface area (Å²) in [6.45, 7) is 2.50. The molecule has 1 aliphatic heterocycles. The first-order chi connectivity index (χ1) is 12.0. The van der Waals surface area contributed by atoms with Gasteiger partial charge < -0.3 is 20.1 Å². The first kappa shape index (κ1) is 16.8. The zero-order valence-electron chi connectivity index (χ0n) is 14.2. The van der Waals surface area contributed by atoms with Gasteiger partial charge in [0.1, 0.15) is 11.7 Å². The molecule has 0 radical (unpaired) electrons. The van der Waals surface area contributed by atoms with Gasteiger partial charge >= 0.3 is 6.03 Å². The molecular formula is C18H20N4O3. The van der Waals surface area contributed by atoms with Crippen molar-refractivity contribution in [3.8, 4) is 0 Å². The smallest absolute Gasteiger partial charge is 0.323 e. The number of nitrogens with zero attached hydrogens (tertiary/aromatic N) is 2. The quantitative estimate of drug-likeness (QED) is 0.867. The van der Waals surface area contributed by atoms with Crippen LogP contribution in [0.2, 0.25) is 0 Å². The van der Waals surface area contributed by atoms with Crippen LogP contribution in [0.5, 0.6) is 0 Å². The molecule has 0 spiro atoms. The highest BCUT2D eigenvalue weighted by atomic mass is 16.2. The molecule has 0 bridgehead atoms. The Morgan fingerprint density at radius 3 is 2.64 bits per heavy atom. The second kappa shape index (κ2) is 6.80. The summed E-state index contributed by atoms with van der Waals surface area (Å²) < 4.78 is 1.40. The third-order valence-corrected chi connectivity index (χ3v) is 4.30. The van der Waals surface area contributed by atoms with Crippen molar-refractivity contribution in [2.24, 2.45) is 7.05 Å². The predicted molar refractivity (Wildman–Crippen MR) is 94.3 cm³/mol. The van der Waals surface area contributed by atoms with Gasteiger partial charge in [0, 0.05) is 26.3 Å². The molecular weight excluding hydrogens is 320 g/mol. The van der Waals surface area contributed by atoms with Crippen molar-refractivity contribution < 1.29 is 9.59 Å². The fourth-order valence-corrected chi connectivity index (χ4v) is 2.90. The molecule has 1 unspecified atom stereocenters. The summed E-state index contributed by atoms with van der Waals surface area (Å²) in [5.41, 5.74) is 1.35. The number of pyridine rings is 1. The Morgan fingerprint density at radius 2 is 1.92 bits per heavy atom. The highest BCUT2D eigenvalue weighted by molar-refractivity contribution is 5.95. The van der Waals surface area contributed by atoms with E-state index in [0.717, 1.165) is 5.56 Å². The zero-order valence-corrected chi connectivity index (χ0v) is 14.2. The Labute approximate surface area is 145 Å². The Morgan fingerprint density at radius 1 is 1.20 bits per heavy atom. The number of benzene rings is 1. The normalized spacial score (nSPS) is 17.1. The SMILES string of the molecule is Cc1ccn(C)c(=O)c1NC(=O)N1CCNC(=O)C1c1ccccc1. The van der Waals surface area contributed by atoms with E-state index < -0.39 is 12.1 Å². The monoisotopic (exact) mass is 340 g/mol. The third-order valence-electron chi connectivity index (χ3n) is 4.30. The molecule has 1 aliphatic rings. The van der Waals surface area contributed by atoms with E-state index >= 15 is 0 Å². The van der Waals surface area contributed by atoms with Gasteiger partial charge in [-0.2, -0.15) is 0 Å². The van der Waals surface area contributed by atoms with E-state index in [4.69, 9.17) is 0 Å². The summed E-state index contributed by atoms with van der Waals surface area (Å²) in [6, 6.07) is 9.69. The molecule has 1 atom stereocenters. The molecule has 7 heteroatoms. The van der Waals surface area contributed by atoms with Crippen LogP contribution in [0.4, 0.5) is 10.5 Å². The van der Waals surface area contributed by atoms with Crippen LogP contribution in [0.1, 0.15) is 17.2 Å². The number of piperazine rings is 1. The summed E-state index contributed by atoms with van der Waals surface area (Å²) >= 11 is 0. The summed E-state index contributed by atoms with van der Waals surface area (Å²) in [7, 11) is 1.62. The molecule has 2 aromatic rings. The first-order valence-electron chi connectivity index (χ1n) is 8.05. The van der Waals surface area contributed by atoms with Crippen molar-refractivity contribution in [3.05, 3.63) is 64.1 Å². The first-order valence-corrected chi connectivity index (χ1v) is 8.05. The average Bonchev–Trinajstić information content (AvgIpc) is 2.62. The summed E-state index contributed by atoms with van der Waals surface area (Å²) in [6.07, 6.45) is 1.65. The van der Waals surface area contributed by atoms with Crippen LogP contribution in [-0.2, 0) is 11.8 Å².